The van der Waals surface area contributed by atoms with E-state index in [1.807, 2.05) is 6.92 Å². The van der Waals surface area contributed by atoms with Crippen LogP contribution in [0.1, 0.15) is 13.3 Å². The van der Waals surface area contributed by atoms with Crippen molar-refractivity contribution in [3.05, 3.63) is 0 Å². The fraction of sp³-hybridized carbons (Fsp3) is 0.667. The minimum Gasteiger partial charge on any atom is -0.264 e. The summed E-state index contributed by atoms with van der Waals surface area (Å²) in [5, 5.41) is 4.90. The quantitative estimate of drug-likeness (QED) is 0.383. The van der Waals surface area contributed by atoms with Crippen LogP contribution in [0.2, 0.25) is 0 Å². The van der Waals surface area contributed by atoms with Crippen molar-refractivity contribution in [3.8, 4) is 0 Å². The van der Waals surface area contributed by atoms with Crippen LogP contribution in [0.4, 0.5) is 0 Å². The molecule has 0 aromatic carbocycles. The average molecular weight is 58.1 g/mol. The first-order valence-electron chi connectivity index (χ1n) is 1.45. The van der Waals surface area contributed by atoms with Crippen molar-refractivity contribution >= 4 is 6.21 Å². The van der Waals surface area contributed by atoms with Gasteiger partial charge in [-0.1, -0.05) is 6.92 Å². The van der Waals surface area contributed by atoms with Crippen LogP contribution in [-0.4, -0.2) is 6.21 Å². The molecule has 0 atom stereocenters. The Bertz CT molecular complexity index is 17.2. The van der Waals surface area contributed by atoms with Crippen LogP contribution in [-0.2, 0) is 0 Å². The highest BCUT2D eigenvalue weighted by Gasteiger charge is 1.54. The Kier molecular flexibility index (Phi) is 2.45. The molecule has 0 radical (unpaired) electrons. The molecule has 0 fully saturated rings. The third kappa shape index (κ3) is 1.67. The highest BCUT2D eigenvalue weighted by atomic mass is 14.3. The van der Waals surface area contributed by atoms with Crippen molar-refractivity contribution in [2.75, 3.05) is 0 Å². The molecule has 0 aromatic rings. The van der Waals surface area contributed by atoms with E-state index in [-0.39, 0.29) is 0 Å². The SMILES string of the molecule is CCC=[NH2+]. The fourth-order valence-corrected chi connectivity index (χ4v) is 0. The largest absolute Gasteiger partial charge is 0.264 e. The van der Waals surface area contributed by atoms with E-state index in [4.69, 9.17) is 5.41 Å². The zero-order valence-corrected chi connectivity index (χ0v) is 2.86. The topological polar surface area (TPSA) is 25.6 Å². The van der Waals surface area contributed by atoms with Crippen LogP contribution in [0.3, 0.4) is 0 Å². The lowest BCUT2D eigenvalue weighted by atomic mass is 10.6. The van der Waals surface area contributed by atoms with Gasteiger partial charge in [-0.05, 0) is 0 Å². The number of rotatable bonds is 1. The molecule has 2 N–H and O–H groups in total. The summed E-state index contributed by atoms with van der Waals surface area (Å²) in [6, 6.07) is 0. The second kappa shape index (κ2) is 2.67. The van der Waals surface area contributed by atoms with Crippen molar-refractivity contribution in [2.45, 2.75) is 13.3 Å². The summed E-state index contributed by atoms with van der Waals surface area (Å²) in [5.74, 6) is 0. The molecule has 4 heavy (non-hydrogen) atoms. The predicted octanol–water partition coefficient (Wildman–Crippen LogP) is -0.774. The summed E-state index contributed by atoms with van der Waals surface area (Å²) in [6.45, 7) is 2.00. The van der Waals surface area contributed by atoms with Crippen LogP contribution < -0.4 is 5.41 Å². The number of hydrogen-bond acceptors (Lipinski definition) is 0. The Morgan fingerprint density at radius 1 is 2.00 bits per heavy atom. The normalized spacial score (nSPS) is 6.25. The Hall–Kier alpha value is -0.330. The van der Waals surface area contributed by atoms with Gasteiger partial charge in [-0.3, -0.25) is 5.41 Å². The van der Waals surface area contributed by atoms with Crippen molar-refractivity contribution in [3.63, 3.8) is 0 Å². The molecule has 24 valence electrons. The van der Waals surface area contributed by atoms with Crippen LogP contribution in [0.15, 0.2) is 0 Å². The molecule has 0 bridgehead atoms. The van der Waals surface area contributed by atoms with Crippen LogP contribution in [0.25, 0.3) is 0 Å². The van der Waals surface area contributed by atoms with E-state index in [0.29, 0.717) is 0 Å². The van der Waals surface area contributed by atoms with Gasteiger partial charge in [0, 0.05) is 6.42 Å². The Balaban J connectivity index is 2.30. The van der Waals surface area contributed by atoms with Gasteiger partial charge in [0.1, 0.15) is 6.21 Å². The second-order valence-electron chi connectivity index (χ2n) is 0.644. The highest BCUT2D eigenvalue weighted by Crippen LogP contribution is 1.50. The van der Waals surface area contributed by atoms with E-state index in [2.05, 4.69) is 0 Å². The van der Waals surface area contributed by atoms with E-state index < -0.39 is 0 Å². The summed E-state index contributed by atoms with van der Waals surface area (Å²) in [4.78, 5) is 0. The second-order valence-corrected chi connectivity index (χ2v) is 0.644. The summed E-state index contributed by atoms with van der Waals surface area (Å²) in [5.41, 5.74) is 0. The molecule has 0 heterocycles. The third-order valence-electron chi connectivity index (χ3n) is 0.236. The number of hydrogen-bond donors (Lipinski definition) is 1. The highest BCUT2D eigenvalue weighted by molar-refractivity contribution is 5.48. The lowest BCUT2D eigenvalue weighted by Gasteiger charge is -1.49. The molecular formula is C3H8N+. The van der Waals surface area contributed by atoms with Gasteiger partial charge in [0.15, 0.2) is 0 Å². The zero-order valence-electron chi connectivity index (χ0n) is 2.86. The predicted molar refractivity (Wildman–Crippen MR) is 18.3 cm³/mol. The molecule has 0 unspecified atom stereocenters. The first kappa shape index (κ1) is 3.67. The average Bonchev–Trinajstić information content (AvgIpc) is 1.37. The van der Waals surface area contributed by atoms with E-state index in [1.54, 1.807) is 6.21 Å². The van der Waals surface area contributed by atoms with Gasteiger partial charge in [0.05, 0.1) is 0 Å². The molecule has 0 aliphatic carbocycles. The fourth-order valence-electron chi connectivity index (χ4n) is 0. The molecule has 0 saturated heterocycles. The maximum absolute atomic E-state index is 4.90. The smallest absolute Gasteiger partial charge is 0.136 e. The van der Waals surface area contributed by atoms with Crippen molar-refractivity contribution in [2.24, 2.45) is 0 Å². The van der Waals surface area contributed by atoms with Crippen LogP contribution in [0.5, 0.6) is 0 Å². The van der Waals surface area contributed by atoms with Gasteiger partial charge in [-0.2, -0.15) is 0 Å². The van der Waals surface area contributed by atoms with E-state index in [9.17, 15) is 0 Å². The number of nitrogens with two attached hydrogens (primary N) is 1. The third-order valence-corrected chi connectivity index (χ3v) is 0.236. The lowest BCUT2D eigenvalue weighted by molar-refractivity contribution is -0.107. The molecule has 0 aromatic heterocycles. The van der Waals surface area contributed by atoms with Gasteiger partial charge in [-0.15, -0.1) is 0 Å². The van der Waals surface area contributed by atoms with E-state index in [1.165, 1.54) is 0 Å². The van der Waals surface area contributed by atoms with Crippen molar-refractivity contribution in [1.29, 1.82) is 0 Å². The lowest BCUT2D eigenvalue weighted by Crippen LogP contribution is -2.28. The maximum atomic E-state index is 4.90. The molecule has 0 rings (SSSR count). The minimum absolute atomic E-state index is 0.972. The van der Waals surface area contributed by atoms with Crippen molar-refractivity contribution < 1.29 is 5.41 Å². The van der Waals surface area contributed by atoms with E-state index in [0.717, 1.165) is 6.42 Å². The standard InChI is InChI=1S/C3H7N/c1-2-3-4/h3-4H,2H2,1H3/p+1. The first-order valence-corrected chi connectivity index (χ1v) is 1.45. The molecule has 0 saturated carbocycles. The Labute approximate surface area is 26.2 Å². The van der Waals surface area contributed by atoms with E-state index >= 15 is 0 Å². The van der Waals surface area contributed by atoms with Gasteiger partial charge < -0.3 is 0 Å². The summed E-state index contributed by atoms with van der Waals surface area (Å²) < 4.78 is 0. The monoisotopic (exact) mass is 58.1 g/mol. The molecular weight excluding hydrogens is 50.0 g/mol. The van der Waals surface area contributed by atoms with Gasteiger partial charge in [0.2, 0.25) is 0 Å². The van der Waals surface area contributed by atoms with Crippen LogP contribution in [0, 0.1) is 0 Å². The molecule has 0 aliphatic heterocycles. The van der Waals surface area contributed by atoms with Gasteiger partial charge >= 0.3 is 0 Å². The first-order chi connectivity index (χ1) is 1.91. The van der Waals surface area contributed by atoms with Crippen LogP contribution >= 0.6 is 0 Å². The summed E-state index contributed by atoms with van der Waals surface area (Å²) >= 11 is 0. The molecule has 0 aliphatic rings. The Morgan fingerprint density at radius 2 is 2.25 bits per heavy atom. The van der Waals surface area contributed by atoms with Gasteiger partial charge in [-0.25, -0.2) is 0 Å². The van der Waals surface area contributed by atoms with Gasteiger partial charge in [0.25, 0.3) is 0 Å². The molecule has 1 heteroatoms. The summed E-state index contributed by atoms with van der Waals surface area (Å²) in [6.07, 6.45) is 2.60. The van der Waals surface area contributed by atoms with Crippen molar-refractivity contribution in [1.82, 2.24) is 0 Å². The molecule has 0 amide bonds. The molecule has 0 spiro atoms. The minimum atomic E-state index is 0.972. The zero-order chi connectivity index (χ0) is 3.41. The maximum Gasteiger partial charge on any atom is 0.136 e. The molecule has 1 nitrogen and oxygen atoms in total. The Morgan fingerprint density at radius 3 is 2.25 bits per heavy atom. The summed E-state index contributed by atoms with van der Waals surface area (Å²) in [7, 11) is 0.